The summed E-state index contributed by atoms with van der Waals surface area (Å²) in [5.41, 5.74) is 0.356. The number of hydrogen-bond acceptors (Lipinski definition) is 6. The normalized spacial score (nSPS) is 21.9. The van der Waals surface area contributed by atoms with Crippen LogP contribution < -0.4 is 0 Å². The molecule has 1 N–H and O–H groups in total. The van der Waals surface area contributed by atoms with E-state index in [2.05, 4.69) is 23.6 Å². The van der Waals surface area contributed by atoms with E-state index in [1.807, 2.05) is 0 Å². The fourth-order valence-corrected chi connectivity index (χ4v) is 4.23. The van der Waals surface area contributed by atoms with Crippen molar-refractivity contribution in [3.05, 3.63) is 35.6 Å². The minimum atomic E-state index is -0.433. The highest BCUT2D eigenvalue weighted by Gasteiger charge is 2.27. The average Bonchev–Trinajstić information content (AvgIpc) is 2.73. The van der Waals surface area contributed by atoms with Crippen molar-refractivity contribution in [1.29, 1.82) is 0 Å². The van der Waals surface area contributed by atoms with Crippen molar-refractivity contribution in [3.8, 4) is 0 Å². The summed E-state index contributed by atoms with van der Waals surface area (Å²) in [5, 5.41) is 10.5. The van der Waals surface area contributed by atoms with E-state index in [1.54, 1.807) is 17.0 Å². The summed E-state index contributed by atoms with van der Waals surface area (Å²) in [4.78, 5) is 19.2. The quantitative estimate of drug-likeness (QED) is 0.629. The van der Waals surface area contributed by atoms with E-state index in [-0.39, 0.29) is 17.9 Å². The van der Waals surface area contributed by atoms with Gasteiger partial charge >= 0.3 is 0 Å². The molecule has 2 heterocycles. The van der Waals surface area contributed by atoms with Crippen LogP contribution in [0.15, 0.2) is 24.3 Å². The molecule has 7 nitrogen and oxygen atoms in total. The highest BCUT2D eigenvalue weighted by molar-refractivity contribution is 5.94. The zero-order valence-electron chi connectivity index (χ0n) is 18.7. The lowest BCUT2D eigenvalue weighted by atomic mass is 10.1. The maximum atomic E-state index is 13.6. The number of amides is 1. The summed E-state index contributed by atoms with van der Waals surface area (Å²) in [6.45, 7) is 11.5. The Labute approximate surface area is 184 Å². The number of hydrogen-bond donors (Lipinski definition) is 1. The highest BCUT2D eigenvalue weighted by atomic mass is 19.1. The molecule has 0 saturated carbocycles. The van der Waals surface area contributed by atoms with Crippen molar-refractivity contribution in [1.82, 2.24) is 14.7 Å². The molecular weight excluding hydrogens is 401 g/mol. The van der Waals surface area contributed by atoms with Crippen molar-refractivity contribution < 1.29 is 23.8 Å². The number of carbonyl (C=O) groups excluding carboxylic acids is 1. The predicted octanol–water partition coefficient (Wildman–Crippen LogP) is 1.32. The minimum Gasteiger partial charge on any atom is -0.390 e. The Hall–Kier alpha value is -1.58. The summed E-state index contributed by atoms with van der Waals surface area (Å²) in [5.74, 6) is -0.307. The Morgan fingerprint density at radius 1 is 1.19 bits per heavy atom. The lowest BCUT2D eigenvalue weighted by Crippen LogP contribution is -2.52. The van der Waals surface area contributed by atoms with Crippen LogP contribution in [0.1, 0.15) is 24.2 Å². The van der Waals surface area contributed by atoms with Gasteiger partial charge in [-0.3, -0.25) is 14.6 Å². The molecule has 0 unspecified atom stereocenters. The fourth-order valence-electron chi connectivity index (χ4n) is 4.23. The largest absolute Gasteiger partial charge is 0.390 e. The predicted molar refractivity (Wildman–Crippen MR) is 117 cm³/mol. The SMILES string of the molecule is CC(C)CN(C[C@H]1CN(C[C@@H](O)CN2CCOCC2)CCO1)C(=O)c1cccc(F)c1. The van der Waals surface area contributed by atoms with Gasteiger partial charge in [-0.15, -0.1) is 0 Å². The zero-order chi connectivity index (χ0) is 22.2. The van der Waals surface area contributed by atoms with Crippen molar-refractivity contribution >= 4 is 5.91 Å². The van der Waals surface area contributed by atoms with E-state index in [4.69, 9.17) is 9.47 Å². The first-order chi connectivity index (χ1) is 14.9. The van der Waals surface area contributed by atoms with Crippen molar-refractivity contribution in [2.75, 3.05) is 72.2 Å². The monoisotopic (exact) mass is 437 g/mol. The Morgan fingerprint density at radius 2 is 1.90 bits per heavy atom. The van der Waals surface area contributed by atoms with Crippen LogP contribution in [0.4, 0.5) is 4.39 Å². The maximum absolute atomic E-state index is 13.6. The van der Waals surface area contributed by atoms with Gasteiger partial charge in [-0.1, -0.05) is 19.9 Å². The lowest BCUT2D eigenvalue weighted by molar-refractivity contribution is -0.0560. The molecule has 174 valence electrons. The molecule has 2 atom stereocenters. The van der Waals surface area contributed by atoms with Crippen LogP contribution in [0.5, 0.6) is 0 Å². The Morgan fingerprint density at radius 3 is 2.61 bits per heavy atom. The van der Waals surface area contributed by atoms with Crippen LogP contribution in [0.3, 0.4) is 0 Å². The van der Waals surface area contributed by atoms with Gasteiger partial charge in [-0.25, -0.2) is 4.39 Å². The maximum Gasteiger partial charge on any atom is 0.254 e. The van der Waals surface area contributed by atoms with Gasteiger partial charge in [0.05, 0.1) is 32.0 Å². The number of rotatable bonds is 9. The molecule has 3 rings (SSSR count). The Balaban J connectivity index is 1.54. The van der Waals surface area contributed by atoms with Gasteiger partial charge in [0.25, 0.3) is 5.91 Å². The first-order valence-electron chi connectivity index (χ1n) is 11.3. The molecule has 1 aromatic carbocycles. The van der Waals surface area contributed by atoms with E-state index in [0.717, 1.165) is 32.8 Å². The summed E-state index contributed by atoms with van der Waals surface area (Å²) in [6.07, 6.45) is -0.571. The molecule has 2 saturated heterocycles. The van der Waals surface area contributed by atoms with E-state index < -0.39 is 11.9 Å². The van der Waals surface area contributed by atoms with Gasteiger partial charge < -0.3 is 19.5 Å². The van der Waals surface area contributed by atoms with Gasteiger partial charge in [-0.2, -0.15) is 0 Å². The molecule has 2 aliphatic rings. The van der Waals surface area contributed by atoms with Crippen LogP contribution in [0, 0.1) is 11.7 Å². The highest BCUT2D eigenvalue weighted by Crippen LogP contribution is 2.14. The fraction of sp³-hybridized carbons (Fsp3) is 0.696. The number of aliphatic hydroxyl groups excluding tert-OH is 1. The molecule has 0 aromatic heterocycles. The molecule has 0 spiro atoms. The molecule has 0 radical (unpaired) electrons. The lowest BCUT2D eigenvalue weighted by Gasteiger charge is -2.37. The van der Waals surface area contributed by atoms with Crippen LogP contribution in [0.2, 0.25) is 0 Å². The minimum absolute atomic E-state index is 0.138. The first-order valence-corrected chi connectivity index (χ1v) is 11.3. The van der Waals surface area contributed by atoms with E-state index >= 15 is 0 Å². The van der Waals surface area contributed by atoms with Gasteiger partial charge in [0.15, 0.2) is 0 Å². The van der Waals surface area contributed by atoms with E-state index in [9.17, 15) is 14.3 Å². The van der Waals surface area contributed by atoms with Crippen molar-refractivity contribution in [2.24, 2.45) is 5.92 Å². The summed E-state index contributed by atoms with van der Waals surface area (Å²) in [7, 11) is 0. The van der Waals surface area contributed by atoms with Gasteiger partial charge in [0, 0.05) is 57.9 Å². The molecule has 2 fully saturated rings. The number of halogens is 1. The van der Waals surface area contributed by atoms with Crippen molar-refractivity contribution in [2.45, 2.75) is 26.1 Å². The smallest absolute Gasteiger partial charge is 0.254 e. The third kappa shape index (κ3) is 7.80. The van der Waals surface area contributed by atoms with E-state index in [1.165, 1.54) is 12.1 Å². The Bertz CT molecular complexity index is 699. The second kappa shape index (κ2) is 11.9. The van der Waals surface area contributed by atoms with E-state index in [0.29, 0.717) is 44.9 Å². The number of nitrogens with zero attached hydrogens (tertiary/aromatic N) is 3. The van der Waals surface area contributed by atoms with Crippen LogP contribution >= 0.6 is 0 Å². The zero-order valence-corrected chi connectivity index (χ0v) is 18.7. The molecule has 8 heteroatoms. The standard InChI is InChI=1S/C23H36FN3O4/c1-18(2)13-27(23(29)19-4-3-5-20(24)12-19)17-22-16-26(8-11-31-22)15-21(28)14-25-6-9-30-10-7-25/h3-5,12,18,21-22,28H,6-11,13-17H2,1-2H3/t21-,22+/m0/s1. The number of carbonyl (C=O) groups is 1. The average molecular weight is 438 g/mol. The molecular formula is C23H36FN3O4. The van der Waals surface area contributed by atoms with Gasteiger partial charge in [-0.05, 0) is 24.1 Å². The molecule has 1 amide bonds. The molecule has 0 aliphatic carbocycles. The summed E-state index contributed by atoms with van der Waals surface area (Å²) >= 11 is 0. The van der Waals surface area contributed by atoms with Crippen LogP contribution in [-0.2, 0) is 9.47 Å². The topological polar surface area (TPSA) is 65.5 Å². The molecule has 31 heavy (non-hydrogen) atoms. The number of aliphatic hydroxyl groups is 1. The first kappa shape index (κ1) is 24.1. The van der Waals surface area contributed by atoms with Crippen LogP contribution in [-0.4, -0.2) is 110 Å². The number of benzene rings is 1. The van der Waals surface area contributed by atoms with Gasteiger partial charge in [0.1, 0.15) is 5.82 Å². The van der Waals surface area contributed by atoms with Crippen molar-refractivity contribution in [3.63, 3.8) is 0 Å². The number of β-amino-alcohol motifs (C(OH)–C–C–N with tert-alkyl or cyclic N) is 1. The third-order valence-corrected chi connectivity index (χ3v) is 5.63. The second-order valence-electron chi connectivity index (χ2n) is 8.93. The summed E-state index contributed by atoms with van der Waals surface area (Å²) in [6, 6.07) is 5.83. The summed E-state index contributed by atoms with van der Waals surface area (Å²) < 4.78 is 24.9. The van der Waals surface area contributed by atoms with Gasteiger partial charge in [0.2, 0.25) is 0 Å². The number of ether oxygens (including phenoxy) is 2. The molecule has 1 aromatic rings. The second-order valence-corrected chi connectivity index (χ2v) is 8.93. The Kier molecular flexibility index (Phi) is 9.22. The van der Waals surface area contributed by atoms with Crippen LogP contribution in [0.25, 0.3) is 0 Å². The number of morpholine rings is 2. The third-order valence-electron chi connectivity index (χ3n) is 5.63. The molecule has 2 aliphatic heterocycles. The molecule has 0 bridgehead atoms.